The zero-order valence-electron chi connectivity index (χ0n) is 22.0. The van der Waals surface area contributed by atoms with E-state index in [0.29, 0.717) is 29.8 Å². The molecule has 1 fully saturated rings. The van der Waals surface area contributed by atoms with E-state index in [-0.39, 0.29) is 18.2 Å². The highest BCUT2D eigenvalue weighted by atomic mass is 19.1. The fourth-order valence-corrected chi connectivity index (χ4v) is 5.67. The zero-order chi connectivity index (χ0) is 26.4. The molecule has 5 heteroatoms. The SMILES string of the molecule is CCC[C@@H](CC(=O)O)c1cccc(OCc2ccc(-c3cc(OC)ccc3F)c([C@@H]3CCC[C@H]3C)c2)c1. The molecule has 1 saturated carbocycles. The minimum absolute atomic E-state index is 0.0291. The van der Waals surface area contributed by atoms with Crippen LogP contribution in [0.1, 0.15) is 80.9 Å². The van der Waals surface area contributed by atoms with Gasteiger partial charge in [-0.2, -0.15) is 0 Å². The number of halogens is 1. The van der Waals surface area contributed by atoms with Crippen LogP contribution in [0, 0.1) is 11.7 Å². The minimum Gasteiger partial charge on any atom is -0.497 e. The smallest absolute Gasteiger partial charge is 0.303 e. The van der Waals surface area contributed by atoms with Crippen molar-refractivity contribution in [3.05, 3.63) is 83.2 Å². The molecule has 3 atom stereocenters. The van der Waals surface area contributed by atoms with Crippen LogP contribution in [0.25, 0.3) is 11.1 Å². The van der Waals surface area contributed by atoms with E-state index in [2.05, 4.69) is 19.9 Å². The number of carboxylic acids is 1. The van der Waals surface area contributed by atoms with E-state index in [0.717, 1.165) is 47.3 Å². The molecule has 0 spiro atoms. The van der Waals surface area contributed by atoms with E-state index in [4.69, 9.17) is 9.47 Å². The first-order valence-corrected chi connectivity index (χ1v) is 13.3. The number of hydrogen-bond donors (Lipinski definition) is 1. The van der Waals surface area contributed by atoms with Gasteiger partial charge in [0, 0.05) is 5.56 Å². The highest BCUT2D eigenvalue weighted by Gasteiger charge is 2.28. The summed E-state index contributed by atoms with van der Waals surface area (Å²) >= 11 is 0. The Hall–Kier alpha value is -3.34. The Morgan fingerprint density at radius 2 is 1.89 bits per heavy atom. The lowest BCUT2D eigenvalue weighted by atomic mass is 9.84. The van der Waals surface area contributed by atoms with Gasteiger partial charge >= 0.3 is 5.97 Å². The molecule has 0 aliphatic heterocycles. The normalized spacial score (nSPS) is 17.9. The van der Waals surface area contributed by atoms with E-state index >= 15 is 0 Å². The topological polar surface area (TPSA) is 55.8 Å². The van der Waals surface area contributed by atoms with Crippen LogP contribution in [0.15, 0.2) is 60.7 Å². The van der Waals surface area contributed by atoms with Gasteiger partial charge in [0.15, 0.2) is 0 Å². The third-order valence-electron chi connectivity index (χ3n) is 7.63. The number of hydrogen-bond acceptors (Lipinski definition) is 3. The molecule has 1 N–H and O–H groups in total. The largest absolute Gasteiger partial charge is 0.497 e. The summed E-state index contributed by atoms with van der Waals surface area (Å²) in [5.41, 5.74) is 4.66. The fourth-order valence-electron chi connectivity index (χ4n) is 5.67. The first kappa shape index (κ1) is 26.7. The molecule has 37 heavy (non-hydrogen) atoms. The van der Waals surface area contributed by atoms with E-state index in [9.17, 15) is 14.3 Å². The van der Waals surface area contributed by atoms with Crippen LogP contribution in [-0.4, -0.2) is 18.2 Å². The summed E-state index contributed by atoms with van der Waals surface area (Å²) < 4.78 is 26.5. The molecule has 0 aromatic heterocycles. The summed E-state index contributed by atoms with van der Waals surface area (Å²) in [6.45, 7) is 4.73. The summed E-state index contributed by atoms with van der Waals surface area (Å²) in [4.78, 5) is 11.3. The summed E-state index contributed by atoms with van der Waals surface area (Å²) in [6.07, 6.45) is 5.30. The molecule has 0 saturated heterocycles. The monoisotopic (exact) mass is 504 g/mol. The molecular weight excluding hydrogens is 467 g/mol. The molecule has 0 heterocycles. The maximum absolute atomic E-state index is 14.9. The first-order valence-electron chi connectivity index (χ1n) is 13.3. The third kappa shape index (κ3) is 6.51. The Labute approximate surface area is 219 Å². The predicted octanol–water partition coefficient (Wildman–Crippen LogP) is 8.34. The Morgan fingerprint density at radius 3 is 2.59 bits per heavy atom. The Bertz CT molecular complexity index is 1220. The first-order chi connectivity index (χ1) is 17.9. The van der Waals surface area contributed by atoms with E-state index in [1.165, 1.54) is 18.9 Å². The average molecular weight is 505 g/mol. The second-order valence-corrected chi connectivity index (χ2v) is 10.2. The molecule has 1 aliphatic carbocycles. The van der Waals surface area contributed by atoms with Crippen molar-refractivity contribution in [2.75, 3.05) is 7.11 Å². The van der Waals surface area contributed by atoms with Crippen LogP contribution < -0.4 is 9.47 Å². The number of ether oxygens (including phenoxy) is 2. The van der Waals surface area contributed by atoms with E-state index < -0.39 is 5.97 Å². The lowest BCUT2D eigenvalue weighted by Gasteiger charge is -2.22. The fraction of sp³-hybridized carbons (Fsp3) is 0.406. The third-order valence-corrected chi connectivity index (χ3v) is 7.63. The number of rotatable bonds is 11. The predicted molar refractivity (Wildman–Crippen MR) is 145 cm³/mol. The number of benzene rings is 3. The van der Waals surface area contributed by atoms with Crippen molar-refractivity contribution in [2.45, 2.75) is 70.8 Å². The number of aliphatic carboxylic acids is 1. The Kier molecular flexibility index (Phi) is 8.86. The van der Waals surface area contributed by atoms with Gasteiger partial charge in [-0.05, 0) is 83.2 Å². The lowest BCUT2D eigenvalue weighted by molar-refractivity contribution is -0.137. The van der Waals surface area contributed by atoms with E-state index in [1.807, 2.05) is 36.4 Å². The molecule has 1 aliphatic rings. The number of carbonyl (C=O) groups is 1. The molecule has 196 valence electrons. The molecule has 4 rings (SSSR count). The van der Waals surface area contributed by atoms with Crippen molar-refractivity contribution < 1.29 is 23.8 Å². The minimum atomic E-state index is -0.786. The van der Waals surface area contributed by atoms with Crippen LogP contribution in [-0.2, 0) is 11.4 Å². The van der Waals surface area contributed by atoms with Crippen LogP contribution in [0.3, 0.4) is 0 Å². The molecule has 0 amide bonds. The number of methoxy groups -OCH3 is 1. The van der Waals surface area contributed by atoms with Crippen LogP contribution in [0.4, 0.5) is 4.39 Å². The van der Waals surface area contributed by atoms with Crippen molar-refractivity contribution >= 4 is 5.97 Å². The average Bonchev–Trinajstić information content (AvgIpc) is 3.33. The van der Waals surface area contributed by atoms with Crippen LogP contribution >= 0.6 is 0 Å². The molecular formula is C32H37FO4. The van der Waals surface area contributed by atoms with E-state index in [1.54, 1.807) is 19.2 Å². The summed E-state index contributed by atoms with van der Waals surface area (Å²) in [6, 6.07) is 18.9. The van der Waals surface area contributed by atoms with Gasteiger partial charge in [-0.25, -0.2) is 4.39 Å². The molecule has 0 bridgehead atoms. The zero-order valence-corrected chi connectivity index (χ0v) is 22.0. The van der Waals surface area contributed by atoms with Gasteiger partial charge in [0.1, 0.15) is 23.9 Å². The van der Waals surface area contributed by atoms with Crippen molar-refractivity contribution in [2.24, 2.45) is 5.92 Å². The van der Waals surface area contributed by atoms with Gasteiger partial charge < -0.3 is 14.6 Å². The summed E-state index contributed by atoms with van der Waals surface area (Å²) in [5, 5.41) is 9.32. The molecule has 0 radical (unpaired) electrons. The quantitative estimate of drug-likeness (QED) is 0.285. The maximum Gasteiger partial charge on any atom is 0.303 e. The Balaban J connectivity index is 1.60. The van der Waals surface area contributed by atoms with Gasteiger partial charge in [0.2, 0.25) is 0 Å². The molecule has 3 aromatic carbocycles. The summed E-state index contributed by atoms with van der Waals surface area (Å²) in [5.74, 6) is 1.20. The summed E-state index contributed by atoms with van der Waals surface area (Å²) in [7, 11) is 1.60. The second-order valence-electron chi connectivity index (χ2n) is 10.2. The highest BCUT2D eigenvalue weighted by Crippen LogP contribution is 2.44. The van der Waals surface area contributed by atoms with Gasteiger partial charge in [0.05, 0.1) is 13.5 Å². The molecule has 4 nitrogen and oxygen atoms in total. The van der Waals surface area contributed by atoms with Crippen molar-refractivity contribution in [3.8, 4) is 22.6 Å². The van der Waals surface area contributed by atoms with Crippen LogP contribution in [0.5, 0.6) is 11.5 Å². The Morgan fingerprint density at radius 1 is 1.05 bits per heavy atom. The van der Waals surface area contributed by atoms with Gasteiger partial charge in [-0.15, -0.1) is 0 Å². The lowest BCUT2D eigenvalue weighted by Crippen LogP contribution is -2.07. The van der Waals surface area contributed by atoms with Crippen molar-refractivity contribution in [1.29, 1.82) is 0 Å². The maximum atomic E-state index is 14.9. The van der Waals surface area contributed by atoms with Gasteiger partial charge in [-0.3, -0.25) is 4.79 Å². The molecule has 0 unspecified atom stereocenters. The molecule has 3 aromatic rings. The highest BCUT2D eigenvalue weighted by molar-refractivity contribution is 5.71. The number of carboxylic acid groups (broad SMARTS) is 1. The van der Waals surface area contributed by atoms with Crippen molar-refractivity contribution in [3.63, 3.8) is 0 Å². The second kappa shape index (κ2) is 12.3. The van der Waals surface area contributed by atoms with Crippen molar-refractivity contribution in [1.82, 2.24) is 0 Å². The van der Waals surface area contributed by atoms with Gasteiger partial charge in [-0.1, -0.05) is 63.4 Å². The van der Waals surface area contributed by atoms with Gasteiger partial charge in [0.25, 0.3) is 0 Å². The van der Waals surface area contributed by atoms with Crippen LogP contribution in [0.2, 0.25) is 0 Å². The standard InChI is InChI=1S/C32H37FO4/c1-4-7-23(18-32(34)35)24-9-6-10-26(17-24)37-20-22-12-14-28(29(16-22)27-11-5-8-21(27)2)30-19-25(36-3)13-15-31(30)33/h6,9-10,12-17,19,21,23,27H,4-5,7-8,11,18,20H2,1-3H3,(H,34,35)/t21-,23+,27-/m1/s1.